The lowest BCUT2D eigenvalue weighted by Crippen LogP contribution is -2.58. The van der Waals surface area contributed by atoms with Crippen molar-refractivity contribution in [2.45, 2.75) is 63.9 Å². The van der Waals surface area contributed by atoms with Gasteiger partial charge in [-0.25, -0.2) is 0 Å². The predicted molar refractivity (Wildman–Crippen MR) is 62.0 cm³/mol. The van der Waals surface area contributed by atoms with E-state index in [1.165, 1.54) is 0 Å². The maximum atomic E-state index is 12.5. The summed E-state index contributed by atoms with van der Waals surface area (Å²) in [5, 5.41) is 9.12. The van der Waals surface area contributed by atoms with Crippen LogP contribution in [0.2, 0.25) is 0 Å². The molecule has 120 valence electrons. The molecule has 2 aliphatic rings. The molecule has 0 spiro atoms. The van der Waals surface area contributed by atoms with Gasteiger partial charge >= 0.3 is 12.4 Å². The van der Waals surface area contributed by atoms with E-state index >= 15 is 0 Å². The smallest absolute Gasteiger partial charge is 0.374 e. The lowest BCUT2D eigenvalue weighted by Gasteiger charge is -2.36. The Hall–Kier alpha value is -0.460. The maximum absolute atomic E-state index is 12.5. The first kappa shape index (κ1) is 17.6. The average molecular weight is 306 g/mol. The van der Waals surface area contributed by atoms with Gasteiger partial charge in [0.2, 0.25) is 0 Å². The Bertz CT molecular complexity index is 308. The van der Waals surface area contributed by atoms with Crippen molar-refractivity contribution in [1.82, 2.24) is 0 Å². The maximum Gasteiger partial charge on any atom is 0.426 e. The molecule has 0 heterocycles. The van der Waals surface area contributed by atoms with E-state index in [4.69, 9.17) is 5.11 Å². The van der Waals surface area contributed by atoms with Gasteiger partial charge in [-0.15, -0.1) is 0 Å². The number of hydrogen-bond donors (Lipinski definition) is 1. The summed E-state index contributed by atoms with van der Waals surface area (Å²) in [7, 11) is 0. The number of halogens is 6. The summed E-state index contributed by atoms with van der Waals surface area (Å²) in [6.45, 7) is 4.00. The third kappa shape index (κ3) is 3.07. The first-order chi connectivity index (χ1) is 9.04. The van der Waals surface area contributed by atoms with Gasteiger partial charge in [0, 0.05) is 0 Å². The number of alkyl halides is 6. The molecular weight excluding hydrogens is 286 g/mol. The van der Waals surface area contributed by atoms with E-state index in [0.717, 1.165) is 6.42 Å². The minimum Gasteiger partial charge on any atom is -0.374 e. The fraction of sp³-hybridized carbons (Fsp3) is 1.00. The van der Waals surface area contributed by atoms with Gasteiger partial charge in [0.25, 0.3) is 5.60 Å². The second-order valence-corrected chi connectivity index (χ2v) is 5.49. The van der Waals surface area contributed by atoms with Gasteiger partial charge in [-0.2, -0.15) is 26.3 Å². The third-order valence-electron chi connectivity index (χ3n) is 4.38. The van der Waals surface area contributed by atoms with Crippen LogP contribution in [0.25, 0.3) is 0 Å². The zero-order valence-electron chi connectivity index (χ0n) is 11.5. The Morgan fingerprint density at radius 1 is 0.900 bits per heavy atom. The first-order valence-corrected chi connectivity index (χ1v) is 6.90. The highest BCUT2D eigenvalue weighted by atomic mass is 19.4. The van der Waals surface area contributed by atoms with Crippen LogP contribution in [-0.2, 0) is 0 Å². The molecular formula is C13H20F6O. The fourth-order valence-corrected chi connectivity index (χ4v) is 3.40. The van der Waals surface area contributed by atoms with Crippen molar-refractivity contribution < 1.29 is 31.4 Å². The molecule has 2 bridgehead atoms. The molecule has 0 aliphatic heterocycles. The van der Waals surface area contributed by atoms with Crippen LogP contribution in [0.4, 0.5) is 26.3 Å². The summed E-state index contributed by atoms with van der Waals surface area (Å²) < 4.78 is 75.2. The fourth-order valence-electron chi connectivity index (χ4n) is 3.40. The van der Waals surface area contributed by atoms with Gasteiger partial charge < -0.3 is 5.11 Å². The van der Waals surface area contributed by atoms with Gasteiger partial charge in [-0.05, 0) is 43.4 Å². The molecule has 0 aromatic carbocycles. The molecule has 2 saturated carbocycles. The Morgan fingerprint density at radius 2 is 1.40 bits per heavy atom. The lowest BCUT2D eigenvalue weighted by atomic mass is 9.79. The SMILES string of the molecule is CC.OC(CC1CC2CCC1C2)(C(F)(F)F)C(F)(F)F. The quantitative estimate of drug-likeness (QED) is 0.734. The summed E-state index contributed by atoms with van der Waals surface area (Å²) in [4.78, 5) is 0. The molecule has 0 radical (unpaired) electrons. The Labute approximate surface area is 114 Å². The van der Waals surface area contributed by atoms with Crippen LogP contribution in [0.15, 0.2) is 0 Å². The molecule has 1 N–H and O–H groups in total. The Kier molecular flexibility index (Phi) is 5.04. The van der Waals surface area contributed by atoms with E-state index < -0.39 is 30.3 Å². The Morgan fingerprint density at radius 3 is 1.70 bits per heavy atom. The van der Waals surface area contributed by atoms with Gasteiger partial charge in [-0.1, -0.05) is 20.3 Å². The van der Waals surface area contributed by atoms with Crippen LogP contribution >= 0.6 is 0 Å². The molecule has 20 heavy (non-hydrogen) atoms. The van der Waals surface area contributed by atoms with Crippen LogP contribution in [0.1, 0.15) is 46.0 Å². The molecule has 0 aromatic heterocycles. The predicted octanol–water partition coefficient (Wildman–Crippen LogP) is 4.69. The molecule has 0 aromatic rings. The topological polar surface area (TPSA) is 20.2 Å². The standard InChI is InChI=1S/C11H14F6O.C2H6/c12-10(13,14)9(18,11(15,16)17)5-8-4-6-1-2-7(8)3-6;1-2/h6-8,18H,1-5H2;1-2H3. The zero-order chi connectivity index (χ0) is 15.8. The van der Waals surface area contributed by atoms with Crippen molar-refractivity contribution in [2.24, 2.45) is 17.8 Å². The number of hydrogen-bond acceptors (Lipinski definition) is 1. The van der Waals surface area contributed by atoms with Gasteiger partial charge in [0.1, 0.15) is 0 Å². The van der Waals surface area contributed by atoms with Crippen LogP contribution in [0.5, 0.6) is 0 Å². The largest absolute Gasteiger partial charge is 0.426 e. The summed E-state index contributed by atoms with van der Waals surface area (Å²) in [5.74, 6) is -0.519. The summed E-state index contributed by atoms with van der Waals surface area (Å²) >= 11 is 0. The van der Waals surface area contributed by atoms with Crippen molar-refractivity contribution in [3.63, 3.8) is 0 Å². The number of aliphatic hydroxyl groups is 1. The minimum absolute atomic E-state index is 0.0915. The second-order valence-electron chi connectivity index (χ2n) is 5.49. The van der Waals surface area contributed by atoms with E-state index in [-0.39, 0.29) is 11.8 Å². The van der Waals surface area contributed by atoms with Gasteiger partial charge in [0.05, 0.1) is 0 Å². The molecule has 7 heteroatoms. The van der Waals surface area contributed by atoms with E-state index in [9.17, 15) is 26.3 Å². The highest BCUT2D eigenvalue weighted by molar-refractivity contribution is 5.00. The molecule has 1 nitrogen and oxygen atoms in total. The van der Waals surface area contributed by atoms with E-state index in [0.29, 0.717) is 19.3 Å². The summed E-state index contributed by atoms with van der Waals surface area (Å²) in [6, 6.07) is 0. The molecule has 3 atom stereocenters. The van der Waals surface area contributed by atoms with Gasteiger partial charge in [-0.3, -0.25) is 0 Å². The molecule has 2 fully saturated rings. The summed E-state index contributed by atoms with van der Waals surface area (Å²) in [6.07, 6.45) is -9.95. The molecule has 3 unspecified atom stereocenters. The highest BCUT2D eigenvalue weighted by Crippen LogP contribution is 2.55. The van der Waals surface area contributed by atoms with Crippen molar-refractivity contribution in [3.05, 3.63) is 0 Å². The van der Waals surface area contributed by atoms with Crippen LogP contribution in [0.3, 0.4) is 0 Å². The number of fused-ring (bicyclic) bond motifs is 2. The Balaban J connectivity index is 0.000000956. The molecule has 2 aliphatic carbocycles. The second kappa shape index (κ2) is 5.73. The van der Waals surface area contributed by atoms with E-state index in [2.05, 4.69) is 0 Å². The normalized spacial score (nSPS) is 30.1. The third-order valence-corrected chi connectivity index (χ3v) is 4.38. The van der Waals surface area contributed by atoms with Crippen molar-refractivity contribution in [3.8, 4) is 0 Å². The first-order valence-electron chi connectivity index (χ1n) is 6.90. The lowest BCUT2D eigenvalue weighted by molar-refractivity contribution is -0.373. The summed E-state index contributed by atoms with van der Waals surface area (Å²) in [5.41, 5.74) is -4.56. The number of rotatable bonds is 2. The zero-order valence-corrected chi connectivity index (χ0v) is 11.5. The van der Waals surface area contributed by atoms with Gasteiger partial charge in [0.15, 0.2) is 0 Å². The van der Waals surface area contributed by atoms with Crippen molar-refractivity contribution in [1.29, 1.82) is 0 Å². The molecule has 0 amide bonds. The van der Waals surface area contributed by atoms with E-state index in [1.54, 1.807) is 0 Å². The molecule has 0 saturated heterocycles. The van der Waals surface area contributed by atoms with Crippen LogP contribution in [-0.4, -0.2) is 23.1 Å². The van der Waals surface area contributed by atoms with Crippen LogP contribution in [0, 0.1) is 17.8 Å². The van der Waals surface area contributed by atoms with E-state index in [1.807, 2.05) is 13.8 Å². The minimum atomic E-state index is -5.67. The van der Waals surface area contributed by atoms with Crippen molar-refractivity contribution >= 4 is 0 Å². The highest BCUT2D eigenvalue weighted by Gasteiger charge is 2.71. The van der Waals surface area contributed by atoms with Crippen molar-refractivity contribution in [2.75, 3.05) is 0 Å². The average Bonchev–Trinajstić information content (AvgIpc) is 2.90. The van der Waals surface area contributed by atoms with Crippen LogP contribution < -0.4 is 0 Å². The molecule has 2 rings (SSSR count). The monoisotopic (exact) mass is 306 g/mol.